The highest BCUT2D eigenvalue weighted by atomic mass is 79.9. The van der Waals surface area contributed by atoms with Gasteiger partial charge in [-0.1, -0.05) is 88.0 Å². The van der Waals surface area contributed by atoms with E-state index in [0.29, 0.717) is 0 Å². The minimum Gasteiger partial charge on any atom is -0.103 e. The molecule has 0 nitrogen and oxygen atoms in total. The van der Waals surface area contributed by atoms with E-state index >= 15 is 0 Å². The lowest BCUT2D eigenvalue weighted by molar-refractivity contribution is 1.27. The van der Waals surface area contributed by atoms with Gasteiger partial charge >= 0.3 is 0 Å². The van der Waals surface area contributed by atoms with E-state index < -0.39 is 0 Å². The summed E-state index contributed by atoms with van der Waals surface area (Å²) in [6, 6.07) is 16.2. The lowest BCUT2D eigenvalue weighted by atomic mass is 10.2. The van der Waals surface area contributed by atoms with Crippen LogP contribution in [0.25, 0.3) is 0 Å². The molecule has 0 amide bonds. The van der Waals surface area contributed by atoms with Gasteiger partial charge in [0.25, 0.3) is 0 Å². The van der Waals surface area contributed by atoms with E-state index in [1.807, 2.05) is 42.5 Å². The molecular weight excluding hydrogens is 536 g/mol. The van der Waals surface area contributed by atoms with Crippen molar-refractivity contribution in [3.05, 3.63) is 92.8 Å². The molecule has 2 aromatic rings. The first-order valence-electron chi connectivity index (χ1n) is 6.46. The van der Waals surface area contributed by atoms with Crippen LogP contribution in [0.15, 0.2) is 87.3 Å². The molecule has 0 aliphatic rings. The van der Waals surface area contributed by atoms with Crippen LogP contribution in [0.5, 0.6) is 0 Å². The molecule has 4 heteroatoms. The molecule has 2 rings (SSSR count). The van der Waals surface area contributed by atoms with Crippen LogP contribution in [-0.4, -0.2) is 5.33 Å². The Bertz CT molecular complexity index is 509. The Kier molecular flexibility index (Phi) is 14.3. The van der Waals surface area contributed by atoms with Crippen molar-refractivity contribution in [2.24, 2.45) is 0 Å². The zero-order valence-corrected chi connectivity index (χ0v) is 18.5. The molecule has 0 aromatic heterocycles. The van der Waals surface area contributed by atoms with Crippen LogP contribution in [0.3, 0.4) is 0 Å². The molecule has 0 aliphatic carbocycles. The Morgan fingerprint density at radius 1 is 0.682 bits per heavy atom. The minimum atomic E-state index is 0.896. The number of benzene rings is 2. The summed E-state index contributed by atoms with van der Waals surface area (Å²) in [5.74, 6) is 0. The molecule has 0 fully saturated rings. The van der Waals surface area contributed by atoms with Crippen LogP contribution in [0, 0.1) is 0 Å². The maximum atomic E-state index is 3.67. The number of allylic oxidation sites excluding steroid dienone is 2. The summed E-state index contributed by atoms with van der Waals surface area (Å²) in [5, 5.41) is 0.896. The Morgan fingerprint density at radius 2 is 1.00 bits per heavy atom. The van der Waals surface area contributed by atoms with E-state index in [2.05, 4.69) is 89.0 Å². The van der Waals surface area contributed by atoms with E-state index in [9.17, 15) is 0 Å². The van der Waals surface area contributed by atoms with Crippen molar-refractivity contribution >= 4 is 63.7 Å². The van der Waals surface area contributed by atoms with Gasteiger partial charge in [0, 0.05) is 18.7 Å². The van der Waals surface area contributed by atoms with Crippen molar-refractivity contribution in [3.8, 4) is 0 Å². The van der Waals surface area contributed by atoms with Crippen LogP contribution in [0.4, 0.5) is 0 Å². The van der Waals surface area contributed by atoms with Crippen LogP contribution in [0.2, 0.25) is 0 Å². The SMILES string of the molecule is Brc1ccc(Br)cc1.C=CCBr.C=CCc1ccc(Br)cc1. The summed E-state index contributed by atoms with van der Waals surface area (Å²) in [6.07, 6.45) is 4.65. The molecule has 0 aliphatic heterocycles. The van der Waals surface area contributed by atoms with Gasteiger partial charge in [0.05, 0.1) is 0 Å². The summed E-state index contributed by atoms with van der Waals surface area (Å²) in [7, 11) is 0. The average molecular weight is 554 g/mol. The number of rotatable bonds is 3. The normalized spacial score (nSPS) is 8.73. The first-order chi connectivity index (χ1) is 10.5. The van der Waals surface area contributed by atoms with Gasteiger partial charge in [0.1, 0.15) is 0 Å². The maximum absolute atomic E-state index is 3.67. The second-order valence-electron chi connectivity index (χ2n) is 4.00. The molecule has 0 spiro atoms. The third-order valence-electron chi connectivity index (χ3n) is 2.21. The summed E-state index contributed by atoms with van der Waals surface area (Å²) in [6.45, 7) is 7.10. The van der Waals surface area contributed by atoms with Crippen molar-refractivity contribution in [2.75, 3.05) is 5.33 Å². The Morgan fingerprint density at radius 3 is 1.27 bits per heavy atom. The quantitative estimate of drug-likeness (QED) is 0.267. The van der Waals surface area contributed by atoms with Crippen LogP contribution < -0.4 is 0 Å². The second-order valence-corrected chi connectivity index (χ2v) is 7.39. The predicted molar refractivity (Wildman–Crippen MR) is 114 cm³/mol. The van der Waals surface area contributed by atoms with Gasteiger partial charge in [0.15, 0.2) is 0 Å². The zero-order chi connectivity index (χ0) is 16.8. The molecule has 2 aromatic carbocycles. The summed E-state index contributed by atoms with van der Waals surface area (Å²) in [4.78, 5) is 0. The van der Waals surface area contributed by atoms with Gasteiger partial charge in [-0.3, -0.25) is 0 Å². The highest BCUT2D eigenvalue weighted by Crippen LogP contribution is 2.14. The summed E-state index contributed by atoms with van der Waals surface area (Å²) < 4.78 is 3.35. The lowest BCUT2D eigenvalue weighted by Gasteiger charge is -1.94. The highest BCUT2D eigenvalue weighted by molar-refractivity contribution is 9.11. The molecule has 0 unspecified atom stereocenters. The van der Waals surface area contributed by atoms with E-state index in [-0.39, 0.29) is 0 Å². The fraction of sp³-hybridized carbons (Fsp3) is 0.111. The van der Waals surface area contributed by atoms with Gasteiger partial charge in [-0.25, -0.2) is 0 Å². The fourth-order valence-electron chi connectivity index (χ4n) is 1.22. The number of alkyl halides is 1. The van der Waals surface area contributed by atoms with Gasteiger partial charge in [-0.2, -0.15) is 0 Å². The Balaban J connectivity index is 0.000000330. The fourth-order valence-corrected chi connectivity index (χ4v) is 2.01. The monoisotopic (exact) mass is 550 g/mol. The first-order valence-corrected chi connectivity index (χ1v) is 9.96. The lowest BCUT2D eigenvalue weighted by Crippen LogP contribution is -1.77. The maximum Gasteiger partial charge on any atom is 0.0209 e. The summed E-state index contributed by atoms with van der Waals surface area (Å²) in [5.41, 5.74) is 1.30. The second kappa shape index (κ2) is 14.4. The smallest absolute Gasteiger partial charge is 0.0209 e. The standard InChI is InChI=1S/C9H9Br.C6H4Br2.C3H5Br/c1-2-3-8-4-6-9(10)7-5-8;7-5-1-2-6(8)4-3-5;1-2-3-4/h2,4-7H,1,3H2;1-4H;2H,1,3H2. The predicted octanol–water partition coefficient (Wildman–Crippen LogP) is 7.96. The average Bonchev–Trinajstić information content (AvgIpc) is 2.54. The van der Waals surface area contributed by atoms with E-state index in [1.165, 1.54) is 5.56 Å². The minimum absolute atomic E-state index is 0.896. The van der Waals surface area contributed by atoms with Crippen molar-refractivity contribution in [1.82, 2.24) is 0 Å². The molecule has 0 radical (unpaired) electrons. The molecule has 22 heavy (non-hydrogen) atoms. The van der Waals surface area contributed by atoms with Crippen LogP contribution >= 0.6 is 63.7 Å². The topological polar surface area (TPSA) is 0 Å². The molecule has 0 heterocycles. The van der Waals surface area contributed by atoms with Crippen LogP contribution in [-0.2, 0) is 6.42 Å². The Hall–Kier alpha value is -0.160. The number of halogens is 4. The van der Waals surface area contributed by atoms with Gasteiger partial charge < -0.3 is 0 Å². The third kappa shape index (κ3) is 12.4. The molecular formula is C18H18Br4. The molecule has 0 N–H and O–H groups in total. The molecule has 0 saturated heterocycles. The molecule has 0 bridgehead atoms. The number of hydrogen-bond acceptors (Lipinski definition) is 0. The molecule has 118 valence electrons. The van der Waals surface area contributed by atoms with Crippen LogP contribution in [0.1, 0.15) is 5.56 Å². The van der Waals surface area contributed by atoms with Gasteiger partial charge in [0.2, 0.25) is 0 Å². The first kappa shape index (κ1) is 21.8. The van der Waals surface area contributed by atoms with E-state index in [0.717, 1.165) is 25.2 Å². The van der Waals surface area contributed by atoms with Crippen molar-refractivity contribution < 1.29 is 0 Å². The van der Waals surface area contributed by atoms with Crippen molar-refractivity contribution in [3.63, 3.8) is 0 Å². The van der Waals surface area contributed by atoms with E-state index in [1.54, 1.807) is 6.08 Å². The highest BCUT2D eigenvalue weighted by Gasteiger charge is 1.87. The molecule has 0 atom stereocenters. The third-order valence-corrected chi connectivity index (χ3v) is 4.25. The van der Waals surface area contributed by atoms with Gasteiger partial charge in [-0.05, 0) is 48.4 Å². The van der Waals surface area contributed by atoms with E-state index in [4.69, 9.17) is 0 Å². The van der Waals surface area contributed by atoms with Crippen molar-refractivity contribution in [1.29, 1.82) is 0 Å². The number of hydrogen-bond donors (Lipinski definition) is 0. The summed E-state index contributed by atoms with van der Waals surface area (Å²) >= 11 is 13.2. The Labute approximate surface area is 167 Å². The zero-order valence-electron chi connectivity index (χ0n) is 12.1. The molecule has 0 saturated carbocycles. The largest absolute Gasteiger partial charge is 0.103 e. The van der Waals surface area contributed by atoms with Crippen molar-refractivity contribution in [2.45, 2.75) is 6.42 Å². The van der Waals surface area contributed by atoms with Gasteiger partial charge in [-0.15, -0.1) is 13.2 Å².